The molecule has 4 aliphatic rings. The minimum Gasteiger partial charge on any atom is -0.459 e. The summed E-state index contributed by atoms with van der Waals surface area (Å²) in [7, 11) is 0. The molecule has 3 aromatic rings. The molecular weight excluding hydrogens is 519 g/mol. The highest BCUT2D eigenvalue weighted by molar-refractivity contribution is 6.36. The molecule has 2 amide bonds. The molecule has 1 fully saturated rings. The van der Waals surface area contributed by atoms with Gasteiger partial charge in [-0.25, -0.2) is 0 Å². The normalized spacial score (nSPS) is 26.9. The summed E-state index contributed by atoms with van der Waals surface area (Å²) in [6, 6.07) is 20.1. The van der Waals surface area contributed by atoms with Crippen LogP contribution in [-0.2, 0) is 35.5 Å². The summed E-state index contributed by atoms with van der Waals surface area (Å²) in [6.45, 7) is -0.764. The van der Waals surface area contributed by atoms with Crippen molar-refractivity contribution in [1.29, 1.82) is 0 Å². The predicted molar refractivity (Wildman–Crippen MR) is 133 cm³/mol. The summed E-state index contributed by atoms with van der Waals surface area (Å²) in [5.41, 5.74) is 3.14. The maximum atomic E-state index is 13.7. The van der Waals surface area contributed by atoms with E-state index in [4.69, 9.17) is 27.9 Å². The largest absolute Gasteiger partial charge is 0.459 e. The zero-order valence-corrected chi connectivity index (χ0v) is 20.6. The van der Waals surface area contributed by atoms with E-state index in [1.54, 1.807) is 0 Å². The fourth-order valence-electron chi connectivity index (χ4n) is 5.93. The van der Waals surface area contributed by atoms with Gasteiger partial charge in [-0.2, -0.15) is 0 Å². The Hall–Kier alpha value is -3.75. The van der Waals surface area contributed by atoms with Gasteiger partial charge in [-0.15, -0.1) is 23.2 Å². The fourth-order valence-corrected chi connectivity index (χ4v) is 7.03. The van der Waals surface area contributed by atoms with Crippen LogP contribution in [0.4, 0.5) is 5.69 Å². The van der Waals surface area contributed by atoms with Gasteiger partial charge in [-0.3, -0.25) is 29.4 Å². The van der Waals surface area contributed by atoms with Crippen molar-refractivity contribution in [2.24, 2.45) is 11.8 Å². The van der Waals surface area contributed by atoms with E-state index in [0.717, 1.165) is 4.90 Å². The van der Waals surface area contributed by atoms with Crippen molar-refractivity contribution in [2.45, 2.75) is 16.4 Å². The number of ether oxygens (including phenoxy) is 1. The van der Waals surface area contributed by atoms with Gasteiger partial charge in [0.05, 0.1) is 16.8 Å². The van der Waals surface area contributed by atoms with Crippen molar-refractivity contribution in [3.63, 3.8) is 0 Å². The van der Waals surface area contributed by atoms with E-state index in [-0.39, 0.29) is 12.3 Å². The molecule has 186 valence electrons. The Morgan fingerprint density at radius 1 is 0.838 bits per heavy atom. The van der Waals surface area contributed by atoms with Gasteiger partial charge < -0.3 is 4.74 Å². The lowest BCUT2D eigenvalue weighted by atomic mass is 9.54. The molecule has 3 aromatic carbocycles. The third-order valence-corrected chi connectivity index (χ3v) is 8.80. The molecule has 7 rings (SSSR count). The van der Waals surface area contributed by atoms with Crippen LogP contribution in [0.1, 0.15) is 27.8 Å². The van der Waals surface area contributed by atoms with E-state index >= 15 is 0 Å². The number of halogens is 2. The molecule has 0 N–H and O–H groups in total. The molecule has 3 aliphatic carbocycles. The second-order valence-electron chi connectivity index (χ2n) is 9.32. The number of imide groups is 1. The lowest BCUT2D eigenvalue weighted by Gasteiger charge is -2.54. The second-order valence-corrected chi connectivity index (χ2v) is 10.5. The minimum absolute atomic E-state index is 0.0902. The molecule has 0 saturated carbocycles. The first-order valence-electron chi connectivity index (χ1n) is 11.5. The van der Waals surface area contributed by atoms with Gasteiger partial charge in [-0.05, 0) is 39.9 Å². The molecule has 0 unspecified atom stereocenters. The Kier molecular flexibility index (Phi) is 5.19. The molecule has 10 heteroatoms. The van der Waals surface area contributed by atoms with Crippen LogP contribution < -0.4 is 0 Å². The molecule has 1 aliphatic heterocycles. The number of esters is 1. The van der Waals surface area contributed by atoms with Crippen LogP contribution in [0.3, 0.4) is 0 Å². The summed E-state index contributed by atoms with van der Waals surface area (Å²) in [5.74, 6) is -3.94. The van der Waals surface area contributed by atoms with Gasteiger partial charge in [0.15, 0.2) is 0 Å². The van der Waals surface area contributed by atoms with E-state index < -0.39 is 50.8 Å². The summed E-state index contributed by atoms with van der Waals surface area (Å²) in [4.78, 5) is 48.6. The summed E-state index contributed by atoms with van der Waals surface area (Å²) < 4.78 is 5.26. The Balaban J connectivity index is 1.30. The number of nitro groups is 1. The SMILES string of the molecule is O=C(CN1C(=O)[C@H]2[C@H](C1=O)C1(Cl)c3ccccc3C2(Cl)c2ccccc21)OCc1ccc([N+](=O)[O-])cc1. The average Bonchev–Trinajstić information content (AvgIpc) is 3.16. The molecule has 37 heavy (non-hydrogen) atoms. The highest BCUT2D eigenvalue weighted by Gasteiger charge is 2.73. The van der Waals surface area contributed by atoms with E-state index in [1.165, 1.54) is 24.3 Å². The van der Waals surface area contributed by atoms with Gasteiger partial charge >= 0.3 is 5.97 Å². The summed E-state index contributed by atoms with van der Waals surface area (Å²) >= 11 is 14.7. The minimum atomic E-state index is -1.32. The predicted octanol–water partition coefficient (Wildman–Crippen LogP) is 4.23. The first-order valence-corrected chi connectivity index (χ1v) is 12.3. The van der Waals surface area contributed by atoms with E-state index in [0.29, 0.717) is 27.8 Å². The number of amides is 2. The maximum Gasteiger partial charge on any atom is 0.326 e. The number of nitro benzene ring substituents is 1. The maximum absolute atomic E-state index is 13.7. The highest BCUT2D eigenvalue weighted by Crippen LogP contribution is 2.69. The van der Waals surface area contributed by atoms with Crippen LogP contribution in [0, 0.1) is 22.0 Å². The fraction of sp³-hybridized carbons (Fsp3) is 0.222. The van der Waals surface area contributed by atoms with Gasteiger partial charge in [-0.1, -0.05) is 48.5 Å². The number of hydrogen-bond acceptors (Lipinski definition) is 6. The van der Waals surface area contributed by atoms with Crippen molar-refractivity contribution < 1.29 is 24.0 Å². The van der Waals surface area contributed by atoms with Crippen LogP contribution in [-0.4, -0.2) is 34.2 Å². The van der Waals surface area contributed by atoms with Gasteiger partial charge in [0.2, 0.25) is 11.8 Å². The molecule has 1 saturated heterocycles. The highest BCUT2D eigenvalue weighted by atomic mass is 35.5. The van der Waals surface area contributed by atoms with E-state index in [1.807, 2.05) is 48.5 Å². The topological polar surface area (TPSA) is 107 Å². The molecule has 8 nitrogen and oxygen atoms in total. The van der Waals surface area contributed by atoms with Crippen molar-refractivity contribution in [2.75, 3.05) is 6.54 Å². The Morgan fingerprint density at radius 2 is 1.27 bits per heavy atom. The monoisotopic (exact) mass is 536 g/mol. The molecular formula is C27H18Cl2N2O6. The molecule has 1 heterocycles. The molecule has 2 atom stereocenters. The number of alkyl halides is 2. The Bertz CT molecular complexity index is 1380. The van der Waals surface area contributed by atoms with Crippen molar-refractivity contribution in [3.05, 3.63) is 111 Å². The lowest BCUT2D eigenvalue weighted by Crippen LogP contribution is -2.57. The van der Waals surface area contributed by atoms with Gasteiger partial charge in [0.1, 0.15) is 22.9 Å². The van der Waals surface area contributed by atoms with Crippen LogP contribution in [0.2, 0.25) is 0 Å². The van der Waals surface area contributed by atoms with Crippen LogP contribution in [0.15, 0.2) is 72.8 Å². The number of hydrogen-bond donors (Lipinski definition) is 0. The number of carbonyl (C=O) groups excluding carboxylic acids is 3. The zero-order valence-electron chi connectivity index (χ0n) is 19.1. The third-order valence-electron chi connectivity index (χ3n) is 7.51. The standard InChI is InChI=1S/C27H18Cl2N2O6/c28-26-17-5-1-2-6-18(17)27(29,20-8-4-3-7-19(20)26)23-22(26)24(33)30(25(23)34)13-21(32)37-14-15-9-11-16(12-10-15)31(35)36/h1-12,22-23H,13-14H2/t22-,23-,26?,27?/m1/s1. The summed E-state index contributed by atoms with van der Waals surface area (Å²) in [6.07, 6.45) is 0. The molecule has 0 radical (unpaired) electrons. The molecule has 2 bridgehead atoms. The number of carbonyl (C=O) groups is 3. The second kappa shape index (κ2) is 8.13. The zero-order chi connectivity index (χ0) is 26.1. The van der Waals surface area contributed by atoms with E-state index in [9.17, 15) is 24.5 Å². The third kappa shape index (κ3) is 3.12. The number of nitrogens with zero attached hydrogens (tertiary/aromatic N) is 2. The smallest absolute Gasteiger partial charge is 0.326 e. The summed E-state index contributed by atoms with van der Waals surface area (Å²) in [5, 5.41) is 10.8. The first kappa shape index (κ1) is 23.6. The Morgan fingerprint density at radius 3 is 1.68 bits per heavy atom. The van der Waals surface area contributed by atoms with E-state index in [2.05, 4.69) is 0 Å². The molecule has 0 spiro atoms. The first-order chi connectivity index (χ1) is 17.7. The lowest BCUT2D eigenvalue weighted by molar-refractivity contribution is -0.384. The van der Waals surface area contributed by atoms with Crippen LogP contribution in [0.25, 0.3) is 0 Å². The number of non-ortho nitro benzene ring substituents is 1. The van der Waals surface area contributed by atoms with Crippen molar-refractivity contribution in [3.8, 4) is 0 Å². The van der Waals surface area contributed by atoms with Gasteiger partial charge in [0.25, 0.3) is 5.69 Å². The number of benzene rings is 3. The van der Waals surface area contributed by atoms with Crippen LogP contribution >= 0.6 is 23.2 Å². The van der Waals surface area contributed by atoms with Gasteiger partial charge in [0, 0.05) is 12.1 Å². The Labute approximate surface area is 220 Å². The van der Waals surface area contributed by atoms with Crippen molar-refractivity contribution in [1.82, 2.24) is 4.90 Å². The molecule has 0 aromatic heterocycles. The number of rotatable bonds is 5. The quantitative estimate of drug-likeness (QED) is 0.159. The number of likely N-dealkylation sites (tertiary alicyclic amines) is 1. The van der Waals surface area contributed by atoms with Crippen LogP contribution in [0.5, 0.6) is 0 Å². The van der Waals surface area contributed by atoms with Crippen molar-refractivity contribution >= 4 is 46.7 Å². The average molecular weight is 537 g/mol.